The zero-order chi connectivity index (χ0) is 20.8. The van der Waals surface area contributed by atoms with E-state index in [4.69, 9.17) is 16.6 Å². The normalized spacial score (nSPS) is 15.7. The molecule has 1 aliphatic rings. The van der Waals surface area contributed by atoms with Crippen molar-refractivity contribution in [3.8, 4) is 0 Å². The molecule has 0 bridgehead atoms. The molecule has 0 aliphatic heterocycles. The summed E-state index contributed by atoms with van der Waals surface area (Å²) in [4.78, 5) is 30.5. The molecule has 0 radical (unpaired) electrons. The molecule has 0 fully saturated rings. The molecule has 0 heterocycles. The van der Waals surface area contributed by atoms with Crippen molar-refractivity contribution in [3.63, 3.8) is 0 Å². The molecule has 0 unspecified atom stereocenters. The minimum Gasteiger partial charge on any atom is -0.395 e. The van der Waals surface area contributed by atoms with Crippen LogP contribution in [0.25, 0.3) is 0 Å². The topological polar surface area (TPSA) is 82.0 Å². The van der Waals surface area contributed by atoms with E-state index in [-0.39, 0.29) is 23.2 Å². The highest BCUT2D eigenvalue weighted by molar-refractivity contribution is 6.49. The lowest BCUT2D eigenvalue weighted by molar-refractivity contribution is -0.120. The third-order valence-corrected chi connectivity index (χ3v) is 4.90. The number of nitrogens with zero attached hydrogens (tertiary/aromatic N) is 2. The number of halogens is 1. The molecule has 0 atom stereocenters. The Hall–Kier alpha value is -2.44. The van der Waals surface area contributed by atoms with Gasteiger partial charge in [-0.05, 0) is 50.1 Å². The number of nitrogens with one attached hydrogen (secondary N) is 1. The van der Waals surface area contributed by atoms with Gasteiger partial charge in [0.2, 0.25) is 11.7 Å². The van der Waals surface area contributed by atoms with Gasteiger partial charge in [-0.2, -0.15) is 0 Å². The van der Waals surface area contributed by atoms with Gasteiger partial charge in [-0.3, -0.25) is 9.59 Å². The lowest BCUT2D eigenvalue weighted by Crippen LogP contribution is -2.29. The highest BCUT2D eigenvalue weighted by Crippen LogP contribution is 2.29. The number of ketones is 1. The van der Waals surface area contributed by atoms with Crippen LogP contribution in [0.2, 0.25) is 0 Å². The molecule has 1 aromatic rings. The van der Waals surface area contributed by atoms with Crippen LogP contribution >= 0.6 is 11.6 Å². The average molecular weight is 404 g/mol. The highest BCUT2D eigenvalue weighted by Gasteiger charge is 2.26. The summed E-state index contributed by atoms with van der Waals surface area (Å²) in [7, 11) is 0. The second-order valence-corrected chi connectivity index (χ2v) is 6.86. The predicted molar refractivity (Wildman–Crippen MR) is 113 cm³/mol. The van der Waals surface area contributed by atoms with Crippen LogP contribution in [-0.2, 0) is 9.59 Å². The summed E-state index contributed by atoms with van der Waals surface area (Å²) in [6, 6.07) is 5.87. The zero-order valence-electron chi connectivity index (χ0n) is 16.7. The van der Waals surface area contributed by atoms with Gasteiger partial charge in [0.15, 0.2) is 0 Å². The van der Waals surface area contributed by atoms with Crippen molar-refractivity contribution in [1.29, 1.82) is 0 Å². The van der Waals surface area contributed by atoms with Crippen molar-refractivity contribution in [1.82, 2.24) is 5.32 Å². The van der Waals surface area contributed by atoms with Crippen LogP contribution in [0, 0.1) is 6.92 Å². The van der Waals surface area contributed by atoms with Gasteiger partial charge in [0.05, 0.1) is 28.7 Å². The van der Waals surface area contributed by atoms with Gasteiger partial charge in [0, 0.05) is 31.3 Å². The summed E-state index contributed by atoms with van der Waals surface area (Å²) in [5.41, 5.74) is 4.06. The van der Waals surface area contributed by atoms with Crippen LogP contribution in [0.1, 0.15) is 32.8 Å². The molecule has 2 N–H and O–H groups in total. The van der Waals surface area contributed by atoms with E-state index in [0.717, 1.165) is 23.5 Å². The second kappa shape index (κ2) is 9.66. The van der Waals surface area contributed by atoms with E-state index < -0.39 is 5.78 Å². The minimum absolute atomic E-state index is 0.0851. The van der Waals surface area contributed by atoms with Gasteiger partial charge in [-0.15, -0.1) is 0 Å². The first-order valence-electron chi connectivity index (χ1n) is 9.30. The van der Waals surface area contributed by atoms with Gasteiger partial charge in [-0.1, -0.05) is 18.5 Å². The fourth-order valence-electron chi connectivity index (χ4n) is 3.06. The Morgan fingerprint density at radius 3 is 2.57 bits per heavy atom. The molecule has 28 heavy (non-hydrogen) atoms. The van der Waals surface area contributed by atoms with Gasteiger partial charge >= 0.3 is 0 Å². The van der Waals surface area contributed by atoms with E-state index >= 15 is 0 Å². The molecule has 2 rings (SSSR count). The Kier molecular flexibility index (Phi) is 7.54. The first-order valence-corrected chi connectivity index (χ1v) is 9.68. The van der Waals surface area contributed by atoms with Gasteiger partial charge in [0.1, 0.15) is 0 Å². The van der Waals surface area contributed by atoms with Crippen LogP contribution in [0.4, 0.5) is 11.4 Å². The van der Waals surface area contributed by atoms with Crippen molar-refractivity contribution in [2.45, 2.75) is 34.1 Å². The van der Waals surface area contributed by atoms with Crippen LogP contribution < -0.4 is 10.2 Å². The van der Waals surface area contributed by atoms with Crippen molar-refractivity contribution in [2.75, 3.05) is 24.6 Å². The number of benzene rings is 1. The van der Waals surface area contributed by atoms with Crippen LogP contribution in [0.15, 0.2) is 45.6 Å². The van der Waals surface area contributed by atoms with E-state index in [9.17, 15) is 14.7 Å². The number of aliphatic imine (C=N–C) groups is 1. The number of aliphatic hydroxyl groups is 1. The van der Waals surface area contributed by atoms with Crippen LogP contribution in [-0.4, -0.2) is 42.2 Å². The Morgan fingerprint density at radius 2 is 2.04 bits per heavy atom. The van der Waals surface area contributed by atoms with E-state index in [1.807, 2.05) is 39.0 Å². The summed E-state index contributed by atoms with van der Waals surface area (Å²) < 4.78 is 0. The molecule has 0 saturated carbocycles. The largest absolute Gasteiger partial charge is 0.395 e. The molecule has 0 spiro atoms. The number of hydrogen-bond donors (Lipinski definition) is 2. The van der Waals surface area contributed by atoms with Gasteiger partial charge in [0.25, 0.3) is 0 Å². The highest BCUT2D eigenvalue weighted by atomic mass is 35.5. The summed E-state index contributed by atoms with van der Waals surface area (Å²) in [6.45, 7) is 8.68. The summed E-state index contributed by atoms with van der Waals surface area (Å²) in [5.74, 6) is -0.741. The molecule has 7 heteroatoms. The number of allylic oxidation sites excluding steroid dienone is 3. The third-order valence-electron chi connectivity index (χ3n) is 4.50. The SMILES string of the molecule is CCC1=C(Cl)C(=O)C(NC(C)=O)=CC1=Nc1ccc(N(CC)CCO)cc1C. The first-order chi connectivity index (χ1) is 13.3. The Labute approximate surface area is 170 Å². The molecule has 150 valence electrons. The summed E-state index contributed by atoms with van der Waals surface area (Å²) in [6.07, 6.45) is 2.12. The number of Topliss-reactive ketones (excluding diaryl/α,β-unsaturated/α-hetero) is 1. The second-order valence-electron chi connectivity index (χ2n) is 6.49. The number of hydrogen-bond acceptors (Lipinski definition) is 5. The van der Waals surface area contributed by atoms with E-state index in [0.29, 0.717) is 24.3 Å². The van der Waals surface area contributed by atoms with Crippen molar-refractivity contribution in [2.24, 2.45) is 4.99 Å². The molecule has 1 aliphatic carbocycles. The maximum atomic E-state index is 12.4. The number of rotatable bonds is 7. The molecule has 1 amide bonds. The lowest BCUT2D eigenvalue weighted by atomic mass is 9.97. The third kappa shape index (κ3) is 4.88. The zero-order valence-corrected chi connectivity index (χ0v) is 17.4. The fourth-order valence-corrected chi connectivity index (χ4v) is 3.39. The van der Waals surface area contributed by atoms with Crippen LogP contribution in [0.3, 0.4) is 0 Å². The number of carbonyl (C=O) groups excluding carboxylic acids is 2. The summed E-state index contributed by atoms with van der Waals surface area (Å²) in [5, 5.41) is 11.8. The number of amides is 1. The van der Waals surface area contributed by atoms with Gasteiger partial charge in [-0.25, -0.2) is 4.99 Å². The maximum Gasteiger partial charge on any atom is 0.221 e. The number of aliphatic hydroxyl groups excluding tert-OH is 1. The predicted octanol–water partition coefficient (Wildman–Crippen LogP) is 3.39. The van der Waals surface area contributed by atoms with E-state index in [1.54, 1.807) is 6.08 Å². The quantitative estimate of drug-likeness (QED) is 0.683. The maximum absolute atomic E-state index is 12.4. The molecule has 0 aromatic heterocycles. The first kappa shape index (κ1) is 21.9. The molecule has 0 saturated heterocycles. The monoisotopic (exact) mass is 403 g/mol. The van der Waals surface area contributed by atoms with Crippen molar-refractivity contribution in [3.05, 3.63) is 46.1 Å². The number of aryl methyl sites for hydroxylation is 1. The van der Waals surface area contributed by atoms with E-state index in [1.165, 1.54) is 6.92 Å². The number of carbonyl (C=O) groups is 2. The smallest absolute Gasteiger partial charge is 0.221 e. The standard InChI is InChI=1S/C21H26ClN3O3/c1-5-16-18(12-19(23-14(4)27)21(28)20(16)22)24-17-8-7-15(11-13(17)3)25(6-2)9-10-26/h7-8,11-12,26H,5-6,9-10H2,1-4H3,(H,23,27). The molecular formula is C21H26ClN3O3. The van der Waals surface area contributed by atoms with E-state index in [2.05, 4.69) is 10.2 Å². The molecule has 6 nitrogen and oxygen atoms in total. The lowest BCUT2D eigenvalue weighted by Gasteiger charge is -2.23. The average Bonchev–Trinajstić information content (AvgIpc) is 2.65. The van der Waals surface area contributed by atoms with Crippen molar-refractivity contribution >= 4 is 40.4 Å². The Balaban J connectivity index is 2.47. The van der Waals surface area contributed by atoms with Crippen LogP contribution in [0.5, 0.6) is 0 Å². The van der Waals surface area contributed by atoms with Gasteiger partial charge < -0.3 is 15.3 Å². The minimum atomic E-state index is -0.401. The number of likely N-dealkylation sites (N-methyl/N-ethyl adjacent to an activating group) is 1. The number of anilines is 1. The van der Waals surface area contributed by atoms with Crippen molar-refractivity contribution < 1.29 is 14.7 Å². The summed E-state index contributed by atoms with van der Waals surface area (Å²) >= 11 is 6.26. The Morgan fingerprint density at radius 1 is 1.32 bits per heavy atom. The molecule has 1 aromatic carbocycles. The Bertz CT molecular complexity index is 872. The molecular weight excluding hydrogens is 378 g/mol. The fraction of sp³-hybridized carbons (Fsp3) is 0.381.